The first-order valence-corrected chi connectivity index (χ1v) is 21.4. The van der Waals surface area contributed by atoms with E-state index in [0.717, 1.165) is 77.8 Å². The highest BCUT2D eigenvalue weighted by atomic mass is 33.1. The molecule has 0 radical (unpaired) electrons. The van der Waals surface area contributed by atoms with Crippen molar-refractivity contribution in [1.29, 1.82) is 0 Å². The fraction of sp³-hybridized carbons (Fsp3) is 0.537. The molecule has 8 rings (SSSR count). The van der Waals surface area contributed by atoms with Crippen molar-refractivity contribution in [2.45, 2.75) is 101 Å². The maximum Gasteiger partial charge on any atom is 0.340 e. The molecule has 2 fully saturated rings. The van der Waals surface area contributed by atoms with Crippen LogP contribution in [0.2, 0.25) is 0 Å². The number of esters is 1. The Kier molecular flexibility index (Phi) is 9.55. The minimum atomic E-state index is -1.14. The topological polar surface area (TPSA) is 144 Å². The van der Waals surface area contributed by atoms with Crippen LogP contribution in [0.15, 0.2) is 73.8 Å². The number of carbonyl (C=O) groups excluding carboxylic acids is 2. The summed E-state index contributed by atoms with van der Waals surface area (Å²) >= 11 is 0. The summed E-state index contributed by atoms with van der Waals surface area (Å²) in [6.45, 7) is 6.74. The highest BCUT2D eigenvalue weighted by Crippen LogP contribution is 2.57. The number of dihydropyridines is 1. The zero-order chi connectivity index (χ0) is 37.1. The number of hydrogen-bond donors (Lipinski definition) is 3. The summed E-state index contributed by atoms with van der Waals surface area (Å²) in [4.78, 5) is 43.2. The van der Waals surface area contributed by atoms with Crippen molar-refractivity contribution in [3.8, 4) is 5.75 Å². The standard InChI is InChI=1S/C41H49N3O7S2/c1-4-24(2)37(47)51-39(3)11-7-25-22-52-53-23-29-8-13-44(29)35(46)17-28-21-43-34(42)18-30(28)36(25)41(39)20-27-15-26-16-31(40(12-14-45)9-5-6-10-40)38(48)49-32(26)19-33(27)50-41/h4,7,15-16,18-19,29,36,43,45H,5-6,8-14,17,20-23,42H2,1-3H3/b24-4+/t29-,36-,39-,41-/m1/s1. The van der Waals surface area contributed by atoms with Gasteiger partial charge in [0.25, 0.3) is 0 Å². The lowest BCUT2D eigenvalue weighted by Crippen LogP contribution is -2.65. The molecule has 0 bridgehead atoms. The maximum atomic E-state index is 13.8. The molecule has 2 aliphatic carbocycles. The molecule has 0 unspecified atom stereocenters. The number of aliphatic hydroxyl groups is 1. The van der Waals surface area contributed by atoms with Crippen LogP contribution in [0.25, 0.3) is 11.0 Å². The second-order valence-corrected chi connectivity index (χ2v) is 18.4. The van der Waals surface area contributed by atoms with Crippen LogP contribution >= 0.6 is 21.6 Å². The molecule has 4 aliphatic heterocycles. The highest BCUT2D eigenvalue weighted by molar-refractivity contribution is 8.76. The second kappa shape index (κ2) is 13.9. The number of aliphatic hydroxyl groups excluding tert-OH is 1. The summed E-state index contributed by atoms with van der Waals surface area (Å²) in [6, 6.07) is 6.07. The van der Waals surface area contributed by atoms with Gasteiger partial charge in [-0.25, -0.2) is 9.59 Å². The summed E-state index contributed by atoms with van der Waals surface area (Å²) in [5.74, 6) is 1.96. The van der Waals surface area contributed by atoms with E-state index in [-0.39, 0.29) is 30.6 Å². The minimum absolute atomic E-state index is 0.00653. The molecule has 1 aromatic heterocycles. The molecular formula is C41H49N3O7S2. The van der Waals surface area contributed by atoms with Crippen molar-refractivity contribution in [2.24, 2.45) is 11.7 Å². The van der Waals surface area contributed by atoms with Crippen molar-refractivity contribution in [3.63, 3.8) is 0 Å². The van der Waals surface area contributed by atoms with E-state index in [2.05, 4.69) is 17.5 Å². The number of fused-ring (bicyclic) bond motifs is 6. The van der Waals surface area contributed by atoms with E-state index in [1.807, 2.05) is 37.0 Å². The molecule has 6 aliphatic rings. The van der Waals surface area contributed by atoms with Gasteiger partial charge in [0.2, 0.25) is 5.91 Å². The number of ether oxygens (including phenoxy) is 2. The Morgan fingerprint density at radius 2 is 2.02 bits per heavy atom. The highest BCUT2D eigenvalue weighted by Gasteiger charge is 2.64. The molecule has 1 saturated carbocycles. The Labute approximate surface area is 318 Å². The van der Waals surface area contributed by atoms with Gasteiger partial charge < -0.3 is 34.9 Å². The van der Waals surface area contributed by atoms with Gasteiger partial charge in [-0.15, -0.1) is 0 Å². The smallest absolute Gasteiger partial charge is 0.340 e. The molecule has 5 heterocycles. The molecule has 10 nitrogen and oxygen atoms in total. The largest absolute Gasteiger partial charge is 0.481 e. The van der Waals surface area contributed by atoms with E-state index < -0.39 is 28.5 Å². The zero-order valence-electron chi connectivity index (χ0n) is 30.8. The van der Waals surface area contributed by atoms with Gasteiger partial charge in [0.05, 0.1) is 18.2 Å². The molecular weight excluding hydrogens is 711 g/mol. The normalized spacial score (nSPS) is 29.7. The Bertz CT molecular complexity index is 2050. The summed E-state index contributed by atoms with van der Waals surface area (Å²) in [7, 11) is 3.58. The van der Waals surface area contributed by atoms with Crippen LogP contribution in [-0.2, 0) is 26.2 Å². The predicted molar refractivity (Wildman–Crippen MR) is 208 cm³/mol. The van der Waals surface area contributed by atoms with Crippen LogP contribution in [-0.4, -0.2) is 70.3 Å². The first-order valence-electron chi connectivity index (χ1n) is 18.9. The molecule has 12 heteroatoms. The third-order valence-corrected chi connectivity index (χ3v) is 15.3. The van der Waals surface area contributed by atoms with E-state index >= 15 is 0 Å². The number of amides is 1. The van der Waals surface area contributed by atoms with Crippen molar-refractivity contribution in [3.05, 3.63) is 86.1 Å². The van der Waals surface area contributed by atoms with Gasteiger partial charge in [0, 0.05) is 78.1 Å². The quantitative estimate of drug-likeness (QED) is 0.109. The van der Waals surface area contributed by atoms with Crippen LogP contribution in [0, 0.1) is 5.92 Å². The van der Waals surface area contributed by atoms with Gasteiger partial charge >= 0.3 is 11.6 Å². The average molecular weight is 760 g/mol. The third kappa shape index (κ3) is 6.13. The Morgan fingerprint density at radius 3 is 2.75 bits per heavy atom. The van der Waals surface area contributed by atoms with Crippen LogP contribution < -0.4 is 21.4 Å². The minimum Gasteiger partial charge on any atom is -0.481 e. The number of nitrogens with zero attached hydrogens (tertiary/aromatic N) is 1. The lowest BCUT2D eigenvalue weighted by Gasteiger charge is -2.53. The Hall–Kier alpha value is -3.61. The third-order valence-electron chi connectivity index (χ3n) is 12.9. The number of hydrogen-bond acceptors (Lipinski definition) is 11. The summed E-state index contributed by atoms with van der Waals surface area (Å²) in [6.07, 6.45) is 12.2. The summed E-state index contributed by atoms with van der Waals surface area (Å²) in [5.41, 5.74) is 8.99. The number of nitrogens with two attached hydrogens (primary N) is 1. The maximum absolute atomic E-state index is 13.8. The molecule has 4 atom stereocenters. The van der Waals surface area contributed by atoms with Crippen LogP contribution in [0.4, 0.5) is 0 Å². The fourth-order valence-corrected chi connectivity index (χ4v) is 12.1. The average Bonchev–Trinajstić information content (AvgIpc) is 3.74. The first kappa shape index (κ1) is 36.4. The van der Waals surface area contributed by atoms with Gasteiger partial charge in [-0.3, -0.25) is 4.79 Å². The van der Waals surface area contributed by atoms with E-state index in [1.165, 1.54) is 0 Å². The lowest BCUT2D eigenvalue weighted by molar-refractivity contribution is -0.186. The van der Waals surface area contributed by atoms with Gasteiger partial charge in [-0.1, -0.05) is 52.2 Å². The SMILES string of the molecule is C/C=C(\C)C(=O)O[C@]1(C)CC=C2CSSC[C@H]3CCN3C(=O)CC3=C(C=C(N)NC3)[C@@H]2[C@]12Cc1cc3cc(C4(CCO)CCCC4)c(=O)oc3cc1O2. The van der Waals surface area contributed by atoms with E-state index in [4.69, 9.17) is 19.6 Å². The number of benzene rings is 1. The molecule has 1 spiro atoms. The van der Waals surface area contributed by atoms with Crippen molar-refractivity contribution in [1.82, 2.24) is 10.2 Å². The van der Waals surface area contributed by atoms with Gasteiger partial charge in [0.1, 0.15) is 11.3 Å². The predicted octanol–water partition coefficient (Wildman–Crippen LogP) is 5.96. The van der Waals surface area contributed by atoms with Crippen LogP contribution in [0.3, 0.4) is 0 Å². The summed E-state index contributed by atoms with van der Waals surface area (Å²) < 4.78 is 19.9. The van der Waals surface area contributed by atoms with Crippen molar-refractivity contribution < 1.29 is 28.6 Å². The van der Waals surface area contributed by atoms with Gasteiger partial charge in [-0.05, 0) is 81.4 Å². The molecule has 1 saturated heterocycles. The van der Waals surface area contributed by atoms with Gasteiger partial charge in [0.15, 0.2) is 11.2 Å². The van der Waals surface area contributed by atoms with Crippen LogP contribution in [0.5, 0.6) is 5.75 Å². The number of allylic oxidation sites excluding steroid dienone is 2. The molecule has 1 amide bonds. The molecule has 4 N–H and O–H groups in total. The van der Waals surface area contributed by atoms with E-state index in [9.17, 15) is 19.5 Å². The number of nitrogens with one attached hydrogen (secondary N) is 1. The molecule has 53 heavy (non-hydrogen) atoms. The summed E-state index contributed by atoms with van der Waals surface area (Å²) in [5, 5.41) is 14.1. The first-order chi connectivity index (χ1) is 25.5. The Balaban J connectivity index is 1.30. The Morgan fingerprint density at radius 1 is 1.21 bits per heavy atom. The van der Waals surface area contributed by atoms with E-state index in [1.54, 1.807) is 34.6 Å². The lowest BCUT2D eigenvalue weighted by atomic mass is 9.61. The molecule has 1 aromatic carbocycles. The van der Waals surface area contributed by atoms with E-state index in [0.29, 0.717) is 54.1 Å². The zero-order valence-corrected chi connectivity index (χ0v) is 32.4. The van der Waals surface area contributed by atoms with Crippen molar-refractivity contribution >= 4 is 44.4 Å². The molecule has 282 valence electrons. The number of carbonyl (C=O) groups is 2. The van der Waals surface area contributed by atoms with Crippen LogP contribution in [0.1, 0.15) is 83.3 Å². The van der Waals surface area contributed by atoms with Crippen molar-refractivity contribution in [2.75, 3.05) is 31.2 Å². The number of rotatable bonds is 5. The second-order valence-electron chi connectivity index (χ2n) is 15.8. The fourth-order valence-electron chi connectivity index (χ4n) is 9.58. The monoisotopic (exact) mass is 759 g/mol. The molecule has 2 aromatic rings. The van der Waals surface area contributed by atoms with Gasteiger partial charge in [-0.2, -0.15) is 0 Å².